The van der Waals surface area contributed by atoms with Gasteiger partial charge in [0.1, 0.15) is 5.75 Å². The van der Waals surface area contributed by atoms with Crippen LogP contribution in [0.1, 0.15) is 36.1 Å². The van der Waals surface area contributed by atoms with Gasteiger partial charge in [-0.15, -0.1) is 0 Å². The average Bonchev–Trinajstić information content (AvgIpc) is 3.52. The van der Waals surface area contributed by atoms with E-state index in [4.69, 9.17) is 16.3 Å². The van der Waals surface area contributed by atoms with Gasteiger partial charge in [-0.3, -0.25) is 0 Å². The Morgan fingerprint density at radius 2 is 2.03 bits per heavy atom. The Hall–Kier alpha value is -2.01. The lowest BCUT2D eigenvalue weighted by molar-refractivity contribution is -0.103. The van der Waals surface area contributed by atoms with Gasteiger partial charge in [-0.2, -0.15) is 0 Å². The summed E-state index contributed by atoms with van der Waals surface area (Å²) in [6.07, 6.45) is 5.03. The summed E-state index contributed by atoms with van der Waals surface area (Å²) in [7, 11) is 1.71. The molecule has 0 spiro atoms. The fraction of sp³-hybridized carbons (Fsp3) is 0.462. The number of halogens is 1. The van der Waals surface area contributed by atoms with Gasteiger partial charge in [-0.05, 0) is 61.1 Å². The third-order valence-corrected chi connectivity index (χ3v) is 8.31. The summed E-state index contributed by atoms with van der Waals surface area (Å²) < 4.78 is 5.55. The van der Waals surface area contributed by atoms with Crippen LogP contribution >= 0.6 is 11.6 Å². The van der Waals surface area contributed by atoms with Crippen molar-refractivity contribution in [2.75, 3.05) is 26.7 Å². The first kappa shape index (κ1) is 19.7. The molecule has 0 bridgehead atoms. The molecule has 6 rings (SSSR count). The van der Waals surface area contributed by atoms with Crippen LogP contribution in [-0.4, -0.2) is 47.3 Å². The van der Waals surface area contributed by atoms with Crippen molar-refractivity contribution in [3.05, 3.63) is 64.3 Å². The first-order valence-electron chi connectivity index (χ1n) is 11.4. The van der Waals surface area contributed by atoms with E-state index in [2.05, 4.69) is 34.1 Å². The number of fused-ring (bicyclic) bond motifs is 4. The summed E-state index contributed by atoms with van der Waals surface area (Å²) >= 11 is 6.52. The van der Waals surface area contributed by atoms with Crippen molar-refractivity contribution < 1.29 is 9.84 Å². The van der Waals surface area contributed by atoms with Gasteiger partial charge in [-0.1, -0.05) is 35.9 Å². The van der Waals surface area contributed by atoms with Crippen molar-refractivity contribution in [2.45, 2.75) is 43.1 Å². The summed E-state index contributed by atoms with van der Waals surface area (Å²) in [5.74, 6) is 1.67. The van der Waals surface area contributed by atoms with Crippen molar-refractivity contribution in [3.63, 3.8) is 0 Å². The Labute approximate surface area is 188 Å². The molecule has 31 heavy (non-hydrogen) atoms. The number of H-pyrrole nitrogens is 1. The van der Waals surface area contributed by atoms with Crippen molar-refractivity contribution >= 4 is 22.5 Å². The highest BCUT2D eigenvalue weighted by Crippen LogP contribution is 2.52. The summed E-state index contributed by atoms with van der Waals surface area (Å²) in [5, 5.41) is 14.3. The van der Waals surface area contributed by atoms with E-state index in [9.17, 15) is 5.11 Å². The second-order valence-electron chi connectivity index (χ2n) is 9.87. The number of benzene rings is 2. The van der Waals surface area contributed by atoms with Crippen LogP contribution in [0.25, 0.3) is 10.9 Å². The Kier molecular flexibility index (Phi) is 4.44. The quantitative estimate of drug-likeness (QED) is 0.622. The van der Waals surface area contributed by atoms with Gasteiger partial charge in [0.05, 0.1) is 23.3 Å². The number of rotatable bonds is 4. The third-order valence-electron chi connectivity index (χ3n) is 7.99. The number of aromatic nitrogens is 1. The Morgan fingerprint density at radius 3 is 2.84 bits per heavy atom. The van der Waals surface area contributed by atoms with Gasteiger partial charge in [0.25, 0.3) is 0 Å². The van der Waals surface area contributed by atoms with E-state index in [1.165, 1.54) is 29.7 Å². The monoisotopic (exact) mass is 436 g/mol. The fourth-order valence-electron chi connectivity index (χ4n) is 6.16. The van der Waals surface area contributed by atoms with Crippen LogP contribution in [0.5, 0.6) is 5.75 Å². The number of para-hydroxylation sites is 1. The SMILES string of the molecule is COc1cccc([C@@]23CCN(CC4CC4)C[C@@]2(O)Cc2c([nH]c4c(Cl)cccc24)C3)c1. The molecule has 1 aliphatic heterocycles. The molecule has 0 amide bonds. The molecule has 1 saturated carbocycles. The van der Waals surface area contributed by atoms with Gasteiger partial charge in [0, 0.05) is 42.4 Å². The highest BCUT2D eigenvalue weighted by molar-refractivity contribution is 6.35. The van der Waals surface area contributed by atoms with Gasteiger partial charge >= 0.3 is 0 Å². The number of nitrogens with zero attached hydrogens (tertiary/aromatic N) is 1. The topological polar surface area (TPSA) is 48.5 Å². The zero-order valence-electron chi connectivity index (χ0n) is 18.0. The van der Waals surface area contributed by atoms with Gasteiger partial charge in [0.2, 0.25) is 0 Å². The van der Waals surface area contributed by atoms with Crippen molar-refractivity contribution in [2.24, 2.45) is 5.92 Å². The maximum absolute atomic E-state index is 12.4. The zero-order valence-corrected chi connectivity index (χ0v) is 18.7. The maximum atomic E-state index is 12.4. The Morgan fingerprint density at radius 1 is 1.19 bits per heavy atom. The summed E-state index contributed by atoms with van der Waals surface area (Å²) in [4.78, 5) is 6.13. The molecular weight excluding hydrogens is 408 g/mol. The number of piperidine rings is 1. The molecular formula is C26H29ClN2O2. The number of methoxy groups -OCH3 is 1. The zero-order chi connectivity index (χ0) is 21.2. The van der Waals surface area contributed by atoms with Crippen molar-refractivity contribution in [1.29, 1.82) is 0 Å². The molecule has 2 heterocycles. The van der Waals surface area contributed by atoms with Crippen LogP contribution in [0.3, 0.4) is 0 Å². The Bertz CT molecular complexity index is 1150. The molecule has 1 aromatic heterocycles. The highest BCUT2D eigenvalue weighted by atomic mass is 35.5. The van der Waals surface area contributed by atoms with Crippen LogP contribution in [0, 0.1) is 5.92 Å². The van der Waals surface area contributed by atoms with E-state index in [1.807, 2.05) is 18.2 Å². The predicted molar refractivity (Wildman–Crippen MR) is 124 cm³/mol. The standard InChI is InChI=1S/C26H29ClN2O2/c1-31-19-5-2-4-18(12-19)25-10-11-29(15-17-8-9-17)16-26(25,30)13-21-20-6-3-7-22(27)24(20)28-23(21)14-25/h2-7,12,17,28,30H,8-11,13-16H2,1H3/t25-,26-/m0/s1. The smallest absolute Gasteiger partial charge is 0.119 e. The molecule has 1 saturated heterocycles. The number of likely N-dealkylation sites (tertiary alicyclic amines) is 1. The van der Waals surface area contributed by atoms with Gasteiger partial charge in [0.15, 0.2) is 0 Å². The second-order valence-corrected chi connectivity index (χ2v) is 10.3. The maximum Gasteiger partial charge on any atom is 0.119 e. The molecule has 0 unspecified atom stereocenters. The molecule has 3 aliphatic rings. The van der Waals surface area contributed by atoms with E-state index >= 15 is 0 Å². The predicted octanol–water partition coefficient (Wildman–Crippen LogP) is 4.71. The lowest BCUT2D eigenvalue weighted by atomic mass is 9.56. The molecule has 2 atom stereocenters. The van der Waals surface area contributed by atoms with Crippen molar-refractivity contribution in [1.82, 2.24) is 9.88 Å². The number of hydrogen-bond acceptors (Lipinski definition) is 3. The fourth-order valence-corrected chi connectivity index (χ4v) is 6.38. The minimum absolute atomic E-state index is 0.345. The van der Waals surface area contributed by atoms with E-state index in [0.29, 0.717) is 13.0 Å². The largest absolute Gasteiger partial charge is 0.497 e. The molecule has 2 N–H and O–H groups in total. The number of β-amino-alcohol motifs (C(OH)–C–C–N with tert-alkyl or cyclic N) is 1. The van der Waals surface area contributed by atoms with E-state index in [-0.39, 0.29) is 5.41 Å². The third kappa shape index (κ3) is 3.03. The first-order chi connectivity index (χ1) is 15.0. The Balaban J connectivity index is 1.50. The van der Waals surface area contributed by atoms with Crippen LogP contribution in [-0.2, 0) is 18.3 Å². The molecule has 0 radical (unpaired) electrons. The highest BCUT2D eigenvalue weighted by Gasteiger charge is 2.57. The molecule has 2 aliphatic carbocycles. The number of aromatic amines is 1. The molecule has 2 fully saturated rings. The summed E-state index contributed by atoms with van der Waals surface area (Å²) in [6, 6.07) is 14.4. The van der Waals surface area contributed by atoms with Crippen LogP contribution < -0.4 is 4.74 Å². The molecule has 2 aromatic carbocycles. The lowest BCUT2D eigenvalue weighted by Gasteiger charge is -2.56. The minimum Gasteiger partial charge on any atom is -0.497 e. The molecule has 162 valence electrons. The summed E-state index contributed by atoms with van der Waals surface area (Å²) in [6.45, 7) is 2.85. The summed E-state index contributed by atoms with van der Waals surface area (Å²) in [5.41, 5.74) is 3.43. The molecule has 3 aromatic rings. The molecule has 5 heteroatoms. The van der Waals surface area contributed by atoms with Crippen molar-refractivity contribution in [3.8, 4) is 5.75 Å². The average molecular weight is 437 g/mol. The molecule has 4 nitrogen and oxygen atoms in total. The van der Waals surface area contributed by atoms with Gasteiger partial charge in [-0.25, -0.2) is 0 Å². The lowest BCUT2D eigenvalue weighted by Crippen LogP contribution is -2.66. The first-order valence-corrected chi connectivity index (χ1v) is 11.8. The van der Waals surface area contributed by atoms with Crippen LogP contribution in [0.4, 0.5) is 0 Å². The number of aliphatic hydroxyl groups is 1. The van der Waals surface area contributed by atoms with Crippen LogP contribution in [0.15, 0.2) is 42.5 Å². The van der Waals surface area contributed by atoms with E-state index in [1.54, 1.807) is 7.11 Å². The van der Waals surface area contributed by atoms with Crippen LogP contribution in [0.2, 0.25) is 5.02 Å². The normalized spacial score (nSPS) is 28.4. The number of hydrogen-bond donors (Lipinski definition) is 2. The number of nitrogens with one attached hydrogen (secondary N) is 1. The van der Waals surface area contributed by atoms with Gasteiger partial charge < -0.3 is 19.7 Å². The number of ether oxygens (including phenoxy) is 1. The van der Waals surface area contributed by atoms with E-state index in [0.717, 1.165) is 53.5 Å². The van der Waals surface area contributed by atoms with E-state index < -0.39 is 5.60 Å². The minimum atomic E-state index is -0.836. The second kappa shape index (κ2) is 6.99.